The van der Waals surface area contributed by atoms with Crippen molar-refractivity contribution in [1.29, 1.82) is 5.26 Å². The highest BCUT2D eigenvalue weighted by molar-refractivity contribution is 9.10. The Kier molecular flexibility index (Phi) is 4.30. The second-order valence-corrected chi connectivity index (χ2v) is 4.56. The lowest BCUT2D eigenvalue weighted by molar-refractivity contribution is 0.390. The van der Waals surface area contributed by atoms with E-state index in [4.69, 9.17) is 5.26 Å². The summed E-state index contributed by atoms with van der Waals surface area (Å²) in [7, 11) is 0. The molecule has 1 rings (SSSR count). The number of hydrogen-bond acceptors (Lipinski definition) is 3. The lowest BCUT2D eigenvalue weighted by Crippen LogP contribution is -2.41. The van der Waals surface area contributed by atoms with Crippen LogP contribution < -0.4 is 5.32 Å². The van der Waals surface area contributed by atoms with Crippen LogP contribution in [0.3, 0.4) is 0 Å². The summed E-state index contributed by atoms with van der Waals surface area (Å²) in [5, 5.41) is 16.4. The van der Waals surface area contributed by atoms with Crippen molar-refractivity contribution in [3.63, 3.8) is 0 Å². The molecule has 0 spiro atoms. The fraction of sp³-hybridized carbons (Fsp3) is 0.600. The van der Waals surface area contributed by atoms with E-state index in [1.807, 2.05) is 24.7 Å². The van der Waals surface area contributed by atoms with Crippen molar-refractivity contribution in [2.24, 2.45) is 0 Å². The highest BCUT2D eigenvalue weighted by Gasteiger charge is 2.21. The minimum atomic E-state index is -0.465. The summed E-state index contributed by atoms with van der Waals surface area (Å²) in [6, 6.07) is 2.29. The molecule has 5 heteroatoms. The third kappa shape index (κ3) is 3.65. The van der Waals surface area contributed by atoms with Gasteiger partial charge in [0.1, 0.15) is 5.54 Å². The van der Waals surface area contributed by atoms with Gasteiger partial charge in [0, 0.05) is 12.7 Å². The lowest BCUT2D eigenvalue weighted by Gasteiger charge is -2.22. The number of halogens is 1. The van der Waals surface area contributed by atoms with Crippen molar-refractivity contribution in [2.75, 3.05) is 6.54 Å². The fourth-order valence-corrected chi connectivity index (χ4v) is 1.70. The van der Waals surface area contributed by atoms with Crippen molar-refractivity contribution < 1.29 is 0 Å². The average molecular weight is 271 g/mol. The molecule has 1 aromatic heterocycles. The molecule has 1 heterocycles. The maximum atomic E-state index is 9.05. The van der Waals surface area contributed by atoms with Crippen molar-refractivity contribution in [3.8, 4) is 6.07 Å². The first-order chi connectivity index (χ1) is 7.09. The van der Waals surface area contributed by atoms with Gasteiger partial charge in [-0.2, -0.15) is 10.4 Å². The van der Waals surface area contributed by atoms with Gasteiger partial charge in [-0.25, -0.2) is 0 Å². The molecule has 1 N–H and O–H groups in total. The summed E-state index contributed by atoms with van der Waals surface area (Å²) >= 11 is 3.34. The molecule has 1 unspecified atom stereocenters. The molecule has 0 aliphatic rings. The summed E-state index contributed by atoms with van der Waals surface area (Å²) < 4.78 is 2.79. The van der Waals surface area contributed by atoms with Crippen LogP contribution in [0.5, 0.6) is 0 Å². The molecular weight excluding hydrogens is 256 g/mol. The highest BCUT2D eigenvalue weighted by Crippen LogP contribution is 2.11. The lowest BCUT2D eigenvalue weighted by atomic mass is 10.00. The van der Waals surface area contributed by atoms with Gasteiger partial charge in [-0.15, -0.1) is 0 Å². The van der Waals surface area contributed by atoms with Crippen LogP contribution in [0.15, 0.2) is 16.9 Å². The van der Waals surface area contributed by atoms with Crippen molar-refractivity contribution in [3.05, 3.63) is 16.9 Å². The van der Waals surface area contributed by atoms with Crippen LogP contribution >= 0.6 is 15.9 Å². The van der Waals surface area contributed by atoms with E-state index in [9.17, 15) is 0 Å². The van der Waals surface area contributed by atoms with E-state index >= 15 is 0 Å². The molecule has 0 saturated carbocycles. The Morgan fingerprint density at radius 1 is 1.73 bits per heavy atom. The second-order valence-electron chi connectivity index (χ2n) is 3.65. The van der Waals surface area contributed by atoms with Gasteiger partial charge in [0.25, 0.3) is 0 Å². The first-order valence-corrected chi connectivity index (χ1v) is 5.73. The Morgan fingerprint density at radius 3 is 2.93 bits per heavy atom. The maximum Gasteiger partial charge on any atom is 0.105 e. The summed E-state index contributed by atoms with van der Waals surface area (Å²) in [6.45, 7) is 5.45. The first kappa shape index (κ1) is 12.2. The van der Waals surface area contributed by atoms with Crippen LogP contribution in [-0.2, 0) is 6.54 Å². The smallest absolute Gasteiger partial charge is 0.105 e. The molecule has 1 atom stereocenters. The second kappa shape index (κ2) is 5.29. The number of nitrogens with zero attached hydrogens (tertiary/aromatic N) is 3. The normalized spacial score (nSPS) is 14.5. The van der Waals surface area contributed by atoms with Gasteiger partial charge >= 0.3 is 0 Å². The molecule has 0 saturated heterocycles. The van der Waals surface area contributed by atoms with E-state index < -0.39 is 5.54 Å². The third-order valence-corrected chi connectivity index (χ3v) is 2.67. The van der Waals surface area contributed by atoms with Gasteiger partial charge < -0.3 is 0 Å². The zero-order valence-electron chi connectivity index (χ0n) is 9.00. The zero-order valence-corrected chi connectivity index (χ0v) is 10.6. The number of aryl methyl sites for hydroxylation is 1. The Morgan fingerprint density at radius 2 is 2.47 bits per heavy atom. The molecule has 1 aromatic rings. The van der Waals surface area contributed by atoms with Crippen LogP contribution in [-0.4, -0.2) is 21.9 Å². The molecule has 0 aliphatic heterocycles. The Balaban J connectivity index is 2.51. The van der Waals surface area contributed by atoms with E-state index in [-0.39, 0.29) is 0 Å². The minimum absolute atomic E-state index is 0.465. The number of aromatic nitrogens is 2. The van der Waals surface area contributed by atoms with Gasteiger partial charge in [0.05, 0.1) is 16.7 Å². The molecular formula is C10H15BrN4. The fourth-order valence-electron chi connectivity index (χ4n) is 1.37. The molecule has 0 aromatic carbocycles. The Labute approximate surface area is 98.4 Å². The van der Waals surface area contributed by atoms with Crippen LogP contribution in [0, 0.1) is 11.3 Å². The van der Waals surface area contributed by atoms with E-state index in [1.54, 1.807) is 6.20 Å². The Bertz CT molecular complexity index is 355. The van der Waals surface area contributed by atoms with Gasteiger partial charge in [-0.3, -0.25) is 10.00 Å². The van der Waals surface area contributed by atoms with Crippen molar-refractivity contribution >= 4 is 15.9 Å². The predicted molar refractivity (Wildman–Crippen MR) is 62.2 cm³/mol. The van der Waals surface area contributed by atoms with Crippen molar-refractivity contribution in [2.45, 2.75) is 32.4 Å². The average Bonchev–Trinajstić information content (AvgIpc) is 2.62. The van der Waals surface area contributed by atoms with E-state index in [0.717, 1.165) is 24.0 Å². The van der Waals surface area contributed by atoms with Crippen LogP contribution in [0.1, 0.15) is 20.3 Å². The number of nitrogens with one attached hydrogen (secondary N) is 1. The predicted octanol–water partition coefficient (Wildman–Crippen LogP) is 1.93. The van der Waals surface area contributed by atoms with Crippen LogP contribution in [0.25, 0.3) is 0 Å². The van der Waals surface area contributed by atoms with Crippen molar-refractivity contribution in [1.82, 2.24) is 15.1 Å². The van der Waals surface area contributed by atoms with Gasteiger partial charge in [0.2, 0.25) is 0 Å². The Hall–Kier alpha value is -0.860. The van der Waals surface area contributed by atoms with Gasteiger partial charge in [-0.1, -0.05) is 6.92 Å². The summed E-state index contributed by atoms with van der Waals surface area (Å²) in [6.07, 6.45) is 4.40. The van der Waals surface area contributed by atoms with Gasteiger partial charge in [-0.05, 0) is 35.8 Å². The molecule has 15 heavy (non-hydrogen) atoms. The van der Waals surface area contributed by atoms with E-state index in [0.29, 0.717) is 0 Å². The molecule has 0 fully saturated rings. The molecule has 4 nitrogen and oxygen atoms in total. The SMILES string of the molecule is CCNC(C)(C#N)CCn1cc(Br)cn1. The molecule has 0 amide bonds. The van der Waals surface area contributed by atoms with Crippen LogP contribution in [0.4, 0.5) is 0 Å². The maximum absolute atomic E-state index is 9.05. The number of hydrogen-bond donors (Lipinski definition) is 1. The quantitative estimate of drug-likeness (QED) is 0.890. The number of nitriles is 1. The van der Waals surface area contributed by atoms with Gasteiger partial charge in [0.15, 0.2) is 0 Å². The minimum Gasteiger partial charge on any atom is -0.300 e. The van der Waals surface area contributed by atoms with Crippen LogP contribution in [0.2, 0.25) is 0 Å². The monoisotopic (exact) mass is 270 g/mol. The van der Waals surface area contributed by atoms with E-state index in [1.165, 1.54) is 0 Å². The molecule has 0 bridgehead atoms. The molecule has 0 aliphatic carbocycles. The summed E-state index contributed by atoms with van der Waals surface area (Å²) in [5.74, 6) is 0. The third-order valence-electron chi connectivity index (χ3n) is 2.26. The standard InChI is InChI=1S/C10H15BrN4/c1-3-13-10(2,8-12)4-5-15-7-9(11)6-14-15/h6-7,13H,3-5H2,1-2H3. The summed E-state index contributed by atoms with van der Waals surface area (Å²) in [4.78, 5) is 0. The highest BCUT2D eigenvalue weighted by atomic mass is 79.9. The topological polar surface area (TPSA) is 53.6 Å². The first-order valence-electron chi connectivity index (χ1n) is 4.94. The zero-order chi connectivity index (χ0) is 11.3. The van der Waals surface area contributed by atoms with E-state index in [2.05, 4.69) is 32.4 Å². The number of rotatable bonds is 5. The molecule has 82 valence electrons. The summed E-state index contributed by atoms with van der Waals surface area (Å²) in [5.41, 5.74) is -0.465. The molecule has 0 radical (unpaired) electrons. The largest absolute Gasteiger partial charge is 0.300 e.